The topological polar surface area (TPSA) is 71.9 Å². The minimum absolute atomic E-state index is 0.210. The van der Waals surface area contributed by atoms with Crippen LogP contribution in [-0.4, -0.2) is 33.5 Å². The molecule has 6 nitrogen and oxygen atoms in total. The number of hydrogen-bond acceptors (Lipinski definition) is 5. The first-order chi connectivity index (χ1) is 13.3. The molecule has 2 aromatic carbocycles. The van der Waals surface area contributed by atoms with Gasteiger partial charge in [0.05, 0.1) is 11.7 Å². The number of nitrogens with one attached hydrogen (secondary N) is 1. The van der Waals surface area contributed by atoms with Crippen LogP contribution in [0, 0.1) is 0 Å². The van der Waals surface area contributed by atoms with Gasteiger partial charge in [0.2, 0.25) is 0 Å². The van der Waals surface area contributed by atoms with Crippen LogP contribution in [0.4, 0.5) is 0 Å². The number of fused-ring (bicyclic) bond motifs is 2. The number of carbonyl (C=O) groups excluding carboxylic acids is 1. The summed E-state index contributed by atoms with van der Waals surface area (Å²) in [6.07, 6.45) is 3.89. The van der Waals surface area contributed by atoms with Gasteiger partial charge in [-0.15, -0.1) is 0 Å². The average Bonchev–Trinajstić information content (AvgIpc) is 3.28. The molecule has 4 rings (SSSR count). The van der Waals surface area contributed by atoms with Gasteiger partial charge in [0.25, 0.3) is 5.91 Å². The van der Waals surface area contributed by atoms with Crippen LogP contribution in [0.1, 0.15) is 16.9 Å². The monoisotopic (exact) mass is 376 g/mol. The molecule has 27 heavy (non-hydrogen) atoms. The third-order valence-corrected chi connectivity index (χ3v) is 4.43. The number of aliphatic imine (C=N–C) groups is 1. The van der Waals surface area contributed by atoms with Crippen molar-refractivity contribution in [2.45, 2.75) is 6.42 Å². The van der Waals surface area contributed by atoms with Gasteiger partial charge >= 0.3 is 5.84 Å². The van der Waals surface area contributed by atoms with E-state index in [1.807, 2.05) is 36.4 Å². The Morgan fingerprint density at radius 3 is 2.96 bits per heavy atom. The van der Waals surface area contributed by atoms with Gasteiger partial charge < -0.3 is 9.73 Å². The van der Waals surface area contributed by atoms with Crippen LogP contribution in [0.25, 0.3) is 27.9 Å². The lowest BCUT2D eigenvalue weighted by atomic mass is 10.0. The van der Waals surface area contributed by atoms with Crippen LogP contribution >= 0.6 is 12.2 Å². The average molecular weight is 376 g/mol. The summed E-state index contributed by atoms with van der Waals surface area (Å²) in [5.74, 6) is 0.173. The summed E-state index contributed by atoms with van der Waals surface area (Å²) in [6, 6.07) is 14.1. The van der Waals surface area contributed by atoms with E-state index in [1.165, 1.54) is 6.26 Å². The quantitative estimate of drug-likeness (QED) is 0.314. The van der Waals surface area contributed by atoms with E-state index in [1.54, 1.807) is 10.6 Å². The molecule has 1 N–H and O–H groups in total. The number of rotatable bonds is 6. The Labute approximate surface area is 160 Å². The van der Waals surface area contributed by atoms with Crippen molar-refractivity contribution in [3.63, 3.8) is 0 Å². The van der Waals surface area contributed by atoms with E-state index in [2.05, 4.69) is 38.7 Å². The Morgan fingerprint density at radius 1 is 1.26 bits per heavy atom. The van der Waals surface area contributed by atoms with Gasteiger partial charge in [-0.1, -0.05) is 36.4 Å². The summed E-state index contributed by atoms with van der Waals surface area (Å²) in [5, 5.41) is 7.45. The number of isothiocyanates is 1. The largest absolute Gasteiger partial charge is 0.432 e. The van der Waals surface area contributed by atoms with E-state index < -0.39 is 0 Å². The predicted molar refractivity (Wildman–Crippen MR) is 107 cm³/mol. The Balaban J connectivity index is 1.70. The second kappa shape index (κ2) is 7.53. The van der Waals surface area contributed by atoms with Gasteiger partial charge in [0.1, 0.15) is 17.7 Å². The fourth-order valence-electron chi connectivity index (χ4n) is 3.03. The van der Waals surface area contributed by atoms with Gasteiger partial charge in [0, 0.05) is 18.3 Å². The lowest BCUT2D eigenvalue weighted by Crippen LogP contribution is -2.26. The summed E-state index contributed by atoms with van der Waals surface area (Å²) in [6.45, 7) is 1.02. The minimum atomic E-state index is -0.210. The van der Waals surface area contributed by atoms with Crippen molar-refractivity contribution in [3.05, 3.63) is 60.6 Å². The van der Waals surface area contributed by atoms with Gasteiger partial charge in [-0.25, -0.2) is 4.99 Å². The third kappa shape index (κ3) is 3.38. The highest BCUT2D eigenvalue weighted by Gasteiger charge is 2.22. The highest BCUT2D eigenvalue weighted by molar-refractivity contribution is 7.78. The predicted octanol–water partition coefficient (Wildman–Crippen LogP) is 3.97. The van der Waals surface area contributed by atoms with Crippen molar-refractivity contribution in [1.82, 2.24) is 14.7 Å². The second-order valence-electron chi connectivity index (χ2n) is 6.01. The number of hydrogen-bond donors (Lipinski definition) is 1. The van der Waals surface area contributed by atoms with Crippen LogP contribution in [0.5, 0.6) is 0 Å². The number of oxazole rings is 1. The number of amides is 1. The number of thiocarbonyl (C=S) groups is 1. The summed E-state index contributed by atoms with van der Waals surface area (Å²) in [5.41, 5.74) is 1.91. The molecule has 0 fully saturated rings. The Kier molecular flexibility index (Phi) is 4.78. The lowest BCUT2D eigenvalue weighted by Gasteiger charge is -2.07. The van der Waals surface area contributed by atoms with Crippen molar-refractivity contribution < 1.29 is 9.21 Å². The molecule has 2 heterocycles. The fourth-order valence-corrected chi connectivity index (χ4v) is 3.12. The number of aromatic nitrogens is 2. The molecule has 0 aliphatic rings. The minimum Gasteiger partial charge on any atom is -0.432 e. The van der Waals surface area contributed by atoms with Crippen molar-refractivity contribution in [1.29, 1.82) is 0 Å². The number of nitrogens with zero attached hydrogens (tertiary/aromatic N) is 3. The maximum absolute atomic E-state index is 12.8. The maximum Gasteiger partial charge on any atom is 0.306 e. The van der Waals surface area contributed by atoms with Crippen LogP contribution in [-0.2, 0) is 0 Å². The fraction of sp³-hybridized carbons (Fsp3) is 0.150. The first kappa shape index (κ1) is 17.1. The van der Waals surface area contributed by atoms with E-state index in [0.29, 0.717) is 36.7 Å². The molecule has 0 saturated heterocycles. The van der Waals surface area contributed by atoms with Crippen molar-refractivity contribution in [3.8, 4) is 11.3 Å². The Bertz CT molecular complexity index is 1170. The van der Waals surface area contributed by atoms with E-state index in [4.69, 9.17) is 4.42 Å². The molecule has 0 bridgehead atoms. The Morgan fingerprint density at radius 2 is 2.11 bits per heavy atom. The zero-order valence-electron chi connectivity index (χ0n) is 14.4. The van der Waals surface area contributed by atoms with Gasteiger partial charge in [0.15, 0.2) is 0 Å². The van der Waals surface area contributed by atoms with Crippen molar-refractivity contribution in [2.75, 3.05) is 13.1 Å². The molecule has 0 radical (unpaired) electrons. The zero-order chi connectivity index (χ0) is 18.6. The molecule has 0 aliphatic carbocycles. The second-order valence-corrected chi connectivity index (χ2v) is 6.19. The van der Waals surface area contributed by atoms with Gasteiger partial charge in [-0.3, -0.25) is 9.20 Å². The van der Waals surface area contributed by atoms with E-state index in [0.717, 1.165) is 16.3 Å². The van der Waals surface area contributed by atoms with E-state index >= 15 is 0 Å². The third-order valence-electron chi connectivity index (χ3n) is 4.30. The molecule has 2 aromatic heterocycles. The number of imidazole rings is 1. The smallest absolute Gasteiger partial charge is 0.306 e. The number of benzene rings is 2. The molecule has 0 unspecified atom stereocenters. The highest BCUT2D eigenvalue weighted by Crippen LogP contribution is 2.28. The first-order valence-corrected chi connectivity index (χ1v) is 8.95. The number of carbonyl (C=O) groups is 1. The molecule has 0 atom stereocenters. The normalized spacial score (nSPS) is 10.8. The molecule has 134 valence electrons. The van der Waals surface area contributed by atoms with Gasteiger partial charge in [-0.05, 0) is 35.5 Å². The molecular weight excluding hydrogens is 360 g/mol. The summed E-state index contributed by atoms with van der Waals surface area (Å²) in [7, 11) is 0. The summed E-state index contributed by atoms with van der Waals surface area (Å²) >= 11 is 4.54. The van der Waals surface area contributed by atoms with Crippen LogP contribution < -0.4 is 5.32 Å². The molecule has 0 saturated carbocycles. The van der Waals surface area contributed by atoms with Crippen LogP contribution in [0.15, 0.2) is 64.3 Å². The van der Waals surface area contributed by atoms with E-state index in [-0.39, 0.29) is 5.91 Å². The van der Waals surface area contributed by atoms with Crippen molar-refractivity contribution in [2.24, 2.45) is 4.99 Å². The molecule has 1 amide bonds. The standard InChI is InChI=1S/C20H16N4O2S/c25-19(22-9-3-8-21-13-27)18-17(23-20-24(18)10-11-26-20)16-7-6-14-4-1-2-5-15(14)12-16/h1-2,4-7,10-12H,3,8-9H2,(H,22,25). The summed E-state index contributed by atoms with van der Waals surface area (Å²) in [4.78, 5) is 21.2. The molecule has 7 heteroatoms. The summed E-state index contributed by atoms with van der Waals surface area (Å²) < 4.78 is 7.05. The zero-order valence-corrected chi connectivity index (χ0v) is 15.2. The Hall–Kier alpha value is -3.28. The van der Waals surface area contributed by atoms with Crippen LogP contribution in [0.2, 0.25) is 0 Å². The lowest BCUT2D eigenvalue weighted by molar-refractivity contribution is 0.0948. The molecule has 4 aromatic rings. The highest BCUT2D eigenvalue weighted by atomic mass is 32.1. The van der Waals surface area contributed by atoms with Crippen molar-refractivity contribution >= 4 is 39.9 Å². The van der Waals surface area contributed by atoms with Crippen LogP contribution in [0.3, 0.4) is 0 Å². The van der Waals surface area contributed by atoms with Gasteiger partial charge in [-0.2, -0.15) is 4.98 Å². The molecule has 0 aliphatic heterocycles. The molecule has 0 spiro atoms. The maximum atomic E-state index is 12.8. The first-order valence-electron chi connectivity index (χ1n) is 8.54. The molecular formula is C20H16N4O2S. The van der Waals surface area contributed by atoms with E-state index in [9.17, 15) is 4.79 Å². The SMILES string of the molecule is O=C(NCCCN=C=S)c1c(-c2ccc3ccccc3c2)nc2occn12.